The molecule has 4 nitrogen and oxygen atoms in total. The lowest BCUT2D eigenvalue weighted by molar-refractivity contribution is 0.337. The van der Waals surface area contributed by atoms with E-state index in [2.05, 4.69) is 40.6 Å². The van der Waals surface area contributed by atoms with Crippen LogP contribution in [0.5, 0.6) is 5.75 Å². The predicted molar refractivity (Wildman–Crippen MR) is 84.6 cm³/mol. The number of nitrogens with zero attached hydrogens (tertiary/aromatic N) is 2. The zero-order valence-electron chi connectivity index (χ0n) is 11.9. The maximum atomic E-state index is 5.71. The average molecular weight is 309 g/mol. The van der Waals surface area contributed by atoms with Crippen LogP contribution in [-0.4, -0.2) is 23.9 Å². The van der Waals surface area contributed by atoms with Crippen molar-refractivity contribution in [2.45, 2.75) is 30.0 Å². The molecule has 1 aromatic carbocycles. The largest absolute Gasteiger partial charge is 0.494 e. The van der Waals surface area contributed by atoms with E-state index in [1.807, 2.05) is 14.0 Å². The molecule has 1 unspecified atom stereocenters. The van der Waals surface area contributed by atoms with Gasteiger partial charge in [0.1, 0.15) is 11.3 Å². The Hall–Kier alpha value is -1.11. The molecule has 1 aromatic heterocycles. The molecule has 0 aliphatic carbocycles. The second-order valence-corrected chi connectivity index (χ2v) is 6.36. The molecule has 6 heteroatoms. The molecule has 0 amide bonds. The highest BCUT2D eigenvalue weighted by Crippen LogP contribution is 2.30. The summed E-state index contributed by atoms with van der Waals surface area (Å²) >= 11 is 3.26. The van der Waals surface area contributed by atoms with Crippen LogP contribution in [0.1, 0.15) is 31.0 Å². The van der Waals surface area contributed by atoms with Crippen LogP contribution >= 0.6 is 23.1 Å². The molecule has 0 aliphatic heterocycles. The lowest BCUT2D eigenvalue weighted by Gasteiger charge is -2.15. The number of benzene rings is 1. The summed E-state index contributed by atoms with van der Waals surface area (Å²) in [6, 6.07) is 6.71. The molecule has 2 rings (SSSR count). The Labute approximate surface area is 128 Å². The molecule has 0 saturated carbocycles. The van der Waals surface area contributed by atoms with Gasteiger partial charge >= 0.3 is 0 Å². The van der Waals surface area contributed by atoms with Crippen LogP contribution in [0, 0.1) is 0 Å². The molecule has 1 N–H and O–H groups in total. The van der Waals surface area contributed by atoms with Crippen LogP contribution in [0.3, 0.4) is 0 Å². The predicted octanol–water partition coefficient (Wildman–Crippen LogP) is 3.51. The minimum atomic E-state index is 0.330. The summed E-state index contributed by atoms with van der Waals surface area (Å²) in [5.41, 5.74) is 4.22. The highest BCUT2D eigenvalue weighted by Gasteiger charge is 2.10. The van der Waals surface area contributed by atoms with E-state index in [0.29, 0.717) is 12.6 Å². The van der Waals surface area contributed by atoms with E-state index < -0.39 is 0 Å². The number of hydrogen-bond acceptors (Lipinski definition) is 6. The third-order valence-electron chi connectivity index (χ3n) is 3.01. The van der Waals surface area contributed by atoms with Gasteiger partial charge in [0.25, 0.3) is 0 Å². The van der Waals surface area contributed by atoms with Crippen molar-refractivity contribution in [1.82, 2.24) is 15.5 Å². The van der Waals surface area contributed by atoms with Crippen LogP contribution in [0.4, 0.5) is 0 Å². The van der Waals surface area contributed by atoms with Gasteiger partial charge in [0.15, 0.2) is 4.34 Å². The number of nitrogens with one attached hydrogen (secondary N) is 1. The Balaban J connectivity index is 2.17. The quantitative estimate of drug-likeness (QED) is 0.793. The molecule has 2 aromatic rings. The Morgan fingerprint density at radius 2 is 2.30 bits per heavy atom. The average Bonchev–Trinajstić information content (AvgIpc) is 2.99. The standard InChI is InChI=1S/C14H19N3OS2/c1-4-18-13-6-5-11(10(2)15-3)7-12(13)8-19-14-17-16-9-20-14/h5-7,9-10,15H,4,8H2,1-3H3. The molecule has 0 spiro atoms. The van der Waals surface area contributed by atoms with Crippen LogP contribution < -0.4 is 10.1 Å². The van der Waals surface area contributed by atoms with E-state index in [4.69, 9.17) is 4.74 Å². The van der Waals surface area contributed by atoms with Crippen LogP contribution in [0.2, 0.25) is 0 Å². The first-order chi connectivity index (χ1) is 9.74. The minimum Gasteiger partial charge on any atom is -0.494 e. The van der Waals surface area contributed by atoms with Gasteiger partial charge in [0.05, 0.1) is 6.61 Å². The van der Waals surface area contributed by atoms with Crippen molar-refractivity contribution in [3.05, 3.63) is 34.8 Å². The van der Waals surface area contributed by atoms with Gasteiger partial charge in [-0.15, -0.1) is 10.2 Å². The zero-order valence-corrected chi connectivity index (χ0v) is 13.6. The zero-order chi connectivity index (χ0) is 14.4. The summed E-state index contributed by atoms with van der Waals surface area (Å²) in [5.74, 6) is 1.80. The lowest BCUT2D eigenvalue weighted by atomic mass is 10.1. The van der Waals surface area contributed by atoms with Crippen molar-refractivity contribution in [3.63, 3.8) is 0 Å². The SMILES string of the molecule is CCOc1ccc(C(C)NC)cc1CSc1nncs1. The van der Waals surface area contributed by atoms with Crippen molar-refractivity contribution >= 4 is 23.1 Å². The second-order valence-electron chi connectivity index (χ2n) is 4.30. The Morgan fingerprint density at radius 3 is 2.95 bits per heavy atom. The molecule has 0 bridgehead atoms. The first-order valence-electron chi connectivity index (χ1n) is 6.56. The summed E-state index contributed by atoms with van der Waals surface area (Å²) in [5, 5.41) is 11.2. The van der Waals surface area contributed by atoms with Gasteiger partial charge in [-0.3, -0.25) is 0 Å². The number of thioether (sulfide) groups is 1. The minimum absolute atomic E-state index is 0.330. The van der Waals surface area contributed by atoms with E-state index in [-0.39, 0.29) is 0 Å². The van der Waals surface area contributed by atoms with Gasteiger partial charge in [-0.05, 0) is 38.6 Å². The third-order valence-corrected chi connectivity index (χ3v) is 4.92. The molecule has 0 aliphatic rings. The Kier molecular flexibility index (Phi) is 5.82. The number of ether oxygens (including phenoxy) is 1. The number of aromatic nitrogens is 2. The summed E-state index contributed by atoms with van der Waals surface area (Å²) in [6.45, 7) is 4.83. The highest BCUT2D eigenvalue weighted by molar-refractivity contribution is 8.00. The van der Waals surface area contributed by atoms with Gasteiger partial charge in [-0.25, -0.2) is 0 Å². The van der Waals surface area contributed by atoms with Crippen molar-refractivity contribution in [1.29, 1.82) is 0 Å². The molecule has 1 atom stereocenters. The maximum Gasteiger partial charge on any atom is 0.174 e. The van der Waals surface area contributed by atoms with E-state index >= 15 is 0 Å². The molecular formula is C14H19N3OS2. The van der Waals surface area contributed by atoms with Gasteiger partial charge in [0.2, 0.25) is 0 Å². The van der Waals surface area contributed by atoms with Crippen LogP contribution in [0.25, 0.3) is 0 Å². The lowest BCUT2D eigenvalue weighted by Crippen LogP contribution is -2.12. The smallest absolute Gasteiger partial charge is 0.174 e. The maximum absolute atomic E-state index is 5.71. The van der Waals surface area contributed by atoms with Gasteiger partial charge in [-0.1, -0.05) is 29.2 Å². The van der Waals surface area contributed by atoms with E-state index in [0.717, 1.165) is 15.8 Å². The Bertz CT molecular complexity index is 531. The van der Waals surface area contributed by atoms with Crippen LogP contribution in [0.15, 0.2) is 28.0 Å². The topological polar surface area (TPSA) is 47.0 Å². The number of rotatable bonds is 7. The van der Waals surface area contributed by atoms with Crippen molar-refractivity contribution in [2.24, 2.45) is 0 Å². The number of hydrogen-bond donors (Lipinski definition) is 1. The monoisotopic (exact) mass is 309 g/mol. The fourth-order valence-corrected chi connectivity index (χ4v) is 3.28. The molecule has 20 heavy (non-hydrogen) atoms. The normalized spacial score (nSPS) is 12.3. The van der Waals surface area contributed by atoms with Gasteiger partial charge < -0.3 is 10.1 Å². The molecule has 0 fully saturated rings. The van der Waals surface area contributed by atoms with Crippen molar-refractivity contribution < 1.29 is 4.74 Å². The molecule has 1 heterocycles. The molecular weight excluding hydrogens is 290 g/mol. The summed E-state index contributed by atoms with van der Waals surface area (Å²) in [6.07, 6.45) is 0. The summed E-state index contributed by atoms with van der Waals surface area (Å²) in [7, 11) is 1.97. The first-order valence-corrected chi connectivity index (χ1v) is 8.43. The molecule has 0 saturated heterocycles. The fourth-order valence-electron chi connectivity index (χ4n) is 1.81. The van der Waals surface area contributed by atoms with E-state index in [1.165, 1.54) is 11.1 Å². The molecule has 0 radical (unpaired) electrons. The first kappa shape index (κ1) is 15.3. The highest BCUT2D eigenvalue weighted by atomic mass is 32.2. The van der Waals surface area contributed by atoms with E-state index in [9.17, 15) is 0 Å². The van der Waals surface area contributed by atoms with Gasteiger partial charge in [0, 0.05) is 17.4 Å². The Morgan fingerprint density at radius 1 is 1.45 bits per heavy atom. The van der Waals surface area contributed by atoms with Crippen molar-refractivity contribution in [3.8, 4) is 5.75 Å². The van der Waals surface area contributed by atoms with Gasteiger partial charge in [-0.2, -0.15) is 0 Å². The third kappa shape index (κ3) is 3.94. The molecule has 108 valence electrons. The summed E-state index contributed by atoms with van der Waals surface area (Å²) in [4.78, 5) is 0. The second kappa shape index (κ2) is 7.61. The summed E-state index contributed by atoms with van der Waals surface area (Å²) < 4.78 is 6.69. The fraction of sp³-hybridized carbons (Fsp3) is 0.429. The van der Waals surface area contributed by atoms with E-state index in [1.54, 1.807) is 28.6 Å². The van der Waals surface area contributed by atoms with Crippen LogP contribution in [-0.2, 0) is 5.75 Å². The van der Waals surface area contributed by atoms with Crippen molar-refractivity contribution in [2.75, 3.05) is 13.7 Å².